The summed E-state index contributed by atoms with van der Waals surface area (Å²) in [5.74, 6) is 0.0356. The van der Waals surface area contributed by atoms with Crippen LogP contribution in [-0.2, 0) is 4.74 Å². The van der Waals surface area contributed by atoms with Gasteiger partial charge in [0, 0.05) is 25.8 Å². The molecule has 0 radical (unpaired) electrons. The number of Topliss-reactive ketones (excluding diaryl/α,β-unsaturated/α-hetero) is 1. The summed E-state index contributed by atoms with van der Waals surface area (Å²) in [5.41, 5.74) is 0.586. The molecule has 0 atom stereocenters. The molecule has 0 spiro atoms. The molecule has 1 rings (SSSR count). The van der Waals surface area contributed by atoms with Gasteiger partial charge in [0.2, 0.25) is 0 Å². The standard InChI is InChI=1S/C13H17Cl2NO2/c1-16(6-3-7-18-2)9-13(17)10-4-5-11(14)12(15)8-10/h4-5,8H,3,6-7,9H2,1-2H3. The molecule has 0 aromatic heterocycles. The highest BCUT2D eigenvalue weighted by Crippen LogP contribution is 2.22. The minimum Gasteiger partial charge on any atom is -0.385 e. The first kappa shape index (κ1) is 15.4. The predicted octanol–water partition coefficient (Wildman–Crippen LogP) is 3.14. The quantitative estimate of drug-likeness (QED) is 0.570. The molecule has 1 aromatic rings. The van der Waals surface area contributed by atoms with Crippen molar-refractivity contribution in [2.24, 2.45) is 0 Å². The van der Waals surface area contributed by atoms with Crippen molar-refractivity contribution in [2.75, 3.05) is 33.9 Å². The Balaban J connectivity index is 2.51. The fourth-order valence-electron chi connectivity index (χ4n) is 1.56. The van der Waals surface area contributed by atoms with Gasteiger partial charge in [-0.25, -0.2) is 0 Å². The number of carbonyl (C=O) groups is 1. The van der Waals surface area contributed by atoms with Gasteiger partial charge in [-0.05, 0) is 31.7 Å². The number of hydrogen-bond acceptors (Lipinski definition) is 3. The van der Waals surface area contributed by atoms with Crippen molar-refractivity contribution in [2.45, 2.75) is 6.42 Å². The largest absolute Gasteiger partial charge is 0.385 e. The number of methoxy groups -OCH3 is 1. The number of likely N-dealkylation sites (N-methyl/N-ethyl adjacent to an activating group) is 1. The second kappa shape index (κ2) is 7.74. The van der Waals surface area contributed by atoms with E-state index >= 15 is 0 Å². The van der Waals surface area contributed by atoms with Crippen LogP contribution in [0.2, 0.25) is 10.0 Å². The molecule has 18 heavy (non-hydrogen) atoms. The second-order valence-electron chi connectivity index (χ2n) is 4.14. The van der Waals surface area contributed by atoms with E-state index in [-0.39, 0.29) is 5.78 Å². The predicted molar refractivity (Wildman–Crippen MR) is 74.8 cm³/mol. The molecule has 0 aliphatic rings. The van der Waals surface area contributed by atoms with E-state index in [4.69, 9.17) is 27.9 Å². The van der Waals surface area contributed by atoms with E-state index in [2.05, 4.69) is 0 Å². The lowest BCUT2D eigenvalue weighted by atomic mass is 10.1. The van der Waals surface area contributed by atoms with Crippen molar-refractivity contribution >= 4 is 29.0 Å². The van der Waals surface area contributed by atoms with Crippen molar-refractivity contribution in [3.63, 3.8) is 0 Å². The molecule has 0 heterocycles. The Labute approximate surface area is 118 Å². The molecule has 0 saturated heterocycles. The van der Waals surface area contributed by atoms with E-state index in [0.717, 1.165) is 13.0 Å². The lowest BCUT2D eigenvalue weighted by Gasteiger charge is -2.15. The van der Waals surface area contributed by atoms with Gasteiger partial charge in [-0.1, -0.05) is 23.2 Å². The zero-order valence-corrected chi connectivity index (χ0v) is 12.1. The lowest BCUT2D eigenvalue weighted by Crippen LogP contribution is -2.27. The van der Waals surface area contributed by atoms with Gasteiger partial charge in [-0.15, -0.1) is 0 Å². The van der Waals surface area contributed by atoms with Gasteiger partial charge in [0.1, 0.15) is 0 Å². The van der Waals surface area contributed by atoms with Crippen molar-refractivity contribution in [3.05, 3.63) is 33.8 Å². The minimum atomic E-state index is 0.0356. The molecule has 0 amide bonds. The first-order valence-corrected chi connectivity index (χ1v) is 6.46. The molecule has 0 unspecified atom stereocenters. The first-order chi connectivity index (χ1) is 8.54. The highest BCUT2D eigenvalue weighted by Gasteiger charge is 2.10. The summed E-state index contributed by atoms with van der Waals surface area (Å²) in [4.78, 5) is 13.9. The lowest BCUT2D eigenvalue weighted by molar-refractivity contribution is 0.0938. The van der Waals surface area contributed by atoms with E-state index in [1.165, 1.54) is 0 Å². The summed E-state index contributed by atoms with van der Waals surface area (Å²) in [7, 11) is 3.58. The molecule has 0 aliphatic carbocycles. The number of hydrogen-bond donors (Lipinski definition) is 0. The number of benzene rings is 1. The summed E-state index contributed by atoms with van der Waals surface area (Å²) >= 11 is 11.7. The average Bonchev–Trinajstić information content (AvgIpc) is 2.33. The summed E-state index contributed by atoms with van der Waals surface area (Å²) in [6.45, 7) is 1.88. The Bertz CT molecular complexity index is 410. The van der Waals surface area contributed by atoms with Crippen LogP contribution in [0.5, 0.6) is 0 Å². The third kappa shape index (κ3) is 4.94. The highest BCUT2D eigenvalue weighted by molar-refractivity contribution is 6.42. The normalized spacial score (nSPS) is 10.9. The van der Waals surface area contributed by atoms with Gasteiger partial charge >= 0.3 is 0 Å². The fourth-order valence-corrected chi connectivity index (χ4v) is 1.86. The van der Waals surface area contributed by atoms with Crippen LogP contribution in [0.15, 0.2) is 18.2 Å². The summed E-state index contributed by atoms with van der Waals surface area (Å²) in [6, 6.07) is 4.94. The van der Waals surface area contributed by atoms with Gasteiger partial charge < -0.3 is 4.74 Å². The van der Waals surface area contributed by atoms with Gasteiger partial charge in [-0.2, -0.15) is 0 Å². The maximum atomic E-state index is 12.0. The molecule has 0 aliphatic heterocycles. The fraction of sp³-hybridized carbons (Fsp3) is 0.462. The molecule has 0 fully saturated rings. The molecule has 5 heteroatoms. The SMILES string of the molecule is COCCCN(C)CC(=O)c1ccc(Cl)c(Cl)c1. The number of rotatable bonds is 7. The maximum absolute atomic E-state index is 12.0. The van der Waals surface area contributed by atoms with Crippen LogP contribution in [0.4, 0.5) is 0 Å². The van der Waals surface area contributed by atoms with Crippen LogP contribution in [0.25, 0.3) is 0 Å². The molecule has 0 N–H and O–H groups in total. The number of nitrogens with zero attached hydrogens (tertiary/aromatic N) is 1. The minimum absolute atomic E-state index is 0.0356. The third-order valence-electron chi connectivity index (χ3n) is 2.54. The van der Waals surface area contributed by atoms with Crippen molar-refractivity contribution in [3.8, 4) is 0 Å². The Morgan fingerprint density at radius 3 is 2.67 bits per heavy atom. The van der Waals surface area contributed by atoms with Gasteiger partial charge in [0.05, 0.1) is 16.6 Å². The molecule has 0 saturated carbocycles. The van der Waals surface area contributed by atoms with E-state index in [0.29, 0.717) is 28.8 Å². The monoisotopic (exact) mass is 289 g/mol. The Kier molecular flexibility index (Phi) is 6.65. The van der Waals surface area contributed by atoms with Crippen molar-refractivity contribution < 1.29 is 9.53 Å². The molecular formula is C13H17Cl2NO2. The first-order valence-electron chi connectivity index (χ1n) is 5.70. The zero-order chi connectivity index (χ0) is 13.5. The van der Waals surface area contributed by atoms with E-state index < -0.39 is 0 Å². The van der Waals surface area contributed by atoms with Gasteiger partial charge in [0.25, 0.3) is 0 Å². The van der Waals surface area contributed by atoms with Gasteiger partial charge in [-0.3, -0.25) is 9.69 Å². The number of ketones is 1. The van der Waals surface area contributed by atoms with Crippen LogP contribution in [0.3, 0.4) is 0 Å². The molecule has 0 bridgehead atoms. The summed E-state index contributed by atoms with van der Waals surface area (Å²) < 4.78 is 4.97. The van der Waals surface area contributed by atoms with Gasteiger partial charge in [0.15, 0.2) is 5.78 Å². The third-order valence-corrected chi connectivity index (χ3v) is 3.28. The molecule has 3 nitrogen and oxygen atoms in total. The Morgan fingerprint density at radius 1 is 1.33 bits per heavy atom. The van der Waals surface area contributed by atoms with E-state index in [9.17, 15) is 4.79 Å². The van der Waals surface area contributed by atoms with Crippen LogP contribution >= 0.6 is 23.2 Å². The second-order valence-corrected chi connectivity index (χ2v) is 4.95. The maximum Gasteiger partial charge on any atom is 0.176 e. The molecule has 100 valence electrons. The molecule has 1 aromatic carbocycles. The van der Waals surface area contributed by atoms with E-state index in [1.54, 1.807) is 25.3 Å². The van der Waals surface area contributed by atoms with Crippen LogP contribution in [0.1, 0.15) is 16.8 Å². The Morgan fingerprint density at radius 2 is 2.06 bits per heavy atom. The summed E-state index contributed by atoms with van der Waals surface area (Å²) in [5, 5.41) is 0.867. The van der Waals surface area contributed by atoms with Crippen LogP contribution < -0.4 is 0 Å². The topological polar surface area (TPSA) is 29.5 Å². The Hall–Kier alpha value is -0.610. The van der Waals surface area contributed by atoms with Crippen LogP contribution in [-0.4, -0.2) is 44.5 Å². The molecular weight excluding hydrogens is 273 g/mol. The zero-order valence-electron chi connectivity index (χ0n) is 10.6. The smallest absolute Gasteiger partial charge is 0.176 e. The van der Waals surface area contributed by atoms with Crippen molar-refractivity contribution in [1.82, 2.24) is 4.90 Å². The summed E-state index contributed by atoms with van der Waals surface area (Å²) in [6.07, 6.45) is 0.904. The number of halogens is 2. The van der Waals surface area contributed by atoms with E-state index in [1.807, 2.05) is 11.9 Å². The van der Waals surface area contributed by atoms with Crippen LogP contribution in [0, 0.1) is 0 Å². The van der Waals surface area contributed by atoms with Crippen molar-refractivity contribution in [1.29, 1.82) is 0 Å². The average molecular weight is 290 g/mol. The highest BCUT2D eigenvalue weighted by atomic mass is 35.5. The number of carbonyl (C=O) groups excluding carboxylic acids is 1. The number of ether oxygens (including phenoxy) is 1.